The van der Waals surface area contributed by atoms with Gasteiger partial charge in [0.2, 0.25) is 0 Å². The Kier molecular flexibility index (Phi) is 7.92. The van der Waals surface area contributed by atoms with Crippen molar-refractivity contribution in [3.63, 3.8) is 0 Å². The Morgan fingerprint density at radius 2 is 1.93 bits per heavy atom. The third kappa shape index (κ3) is 5.53. The van der Waals surface area contributed by atoms with Gasteiger partial charge in [0.25, 0.3) is 0 Å². The molecule has 86 valence electrons. The molecule has 1 heterocycles. The molecule has 0 atom stereocenters. The molecule has 0 saturated carbocycles. The van der Waals surface area contributed by atoms with E-state index in [2.05, 4.69) is 31.0 Å². The lowest BCUT2D eigenvalue weighted by Gasteiger charge is -2.04. The van der Waals surface area contributed by atoms with E-state index in [9.17, 15) is 0 Å². The minimum atomic E-state index is 0.256. The summed E-state index contributed by atoms with van der Waals surface area (Å²) in [6.45, 7) is 8.53. The van der Waals surface area contributed by atoms with Gasteiger partial charge in [-0.15, -0.1) is 0 Å². The van der Waals surface area contributed by atoms with E-state index in [1.54, 1.807) is 0 Å². The van der Waals surface area contributed by atoms with Crippen LogP contribution in [-0.2, 0) is 6.42 Å². The molecule has 0 unspecified atom stereocenters. The molecule has 0 aliphatic heterocycles. The maximum Gasteiger partial charge on any atom is 0.0434 e. The Morgan fingerprint density at radius 1 is 1.27 bits per heavy atom. The second-order valence-corrected chi connectivity index (χ2v) is 3.57. The molecule has 0 radical (unpaired) electrons. The number of aliphatic hydroxyl groups is 1. The van der Waals surface area contributed by atoms with E-state index in [1.807, 2.05) is 20.0 Å². The number of hydrogen-bond donors (Lipinski definition) is 1. The van der Waals surface area contributed by atoms with Gasteiger partial charge in [0.05, 0.1) is 0 Å². The zero-order chi connectivity index (χ0) is 11.7. The fourth-order valence-corrected chi connectivity index (χ4v) is 1.21. The molecule has 0 bridgehead atoms. The third-order valence-electron chi connectivity index (χ3n) is 2.06. The van der Waals surface area contributed by atoms with Gasteiger partial charge in [-0.3, -0.25) is 4.98 Å². The second-order valence-electron chi connectivity index (χ2n) is 3.57. The highest BCUT2D eigenvalue weighted by atomic mass is 16.2. The highest BCUT2D eigenvalue weighted by Gasteiger charge is 1.99. The van der Waals surface area contributed by atoms with Gasteiger partial charge in [0.1, 0.15) is 0 Å². The number of nitrogens with zero attached hydrogens (tertiary/aromatic N) is 1. The number of aliphatic hydroxyl groups excluding tert-OH is 1. The lowest BCUT2D eigenvalue weighted by atomic mass is 10.1. The van der Waals surface area contributed by atoms with Gasteiger partial charge < -0.3 is 5.11 Å². The Labute approximate surface area is 93.4 Å². The highest BCUT2D eigenvalue weighted by Crippen LogP contribution is 2.11. The molecule has 0 saturated heterocycles. The molecular formula is C13H23NO. The van der Waals surface area contributed by atoms with Crippen LogP contribution in [0.25, 0.3) is 0 Å². The molecule has 0 aromatic carbocycles. The Hall–Kier alpha value is -0.890. The first kappa shape index (κ1) is 14.1. The number of pyridine rings is 1. The van der Waals surface area contributed by atoms with Gasteiger partial charge in [-0.05, 0) is 30.4 Å². The standard InChI is InChI=1S/C11H17NO.C2H6/c1-9(2)11-6-5-10(8-12-11)4-3-7-13;1-2/h5-6,8-9,13H,3-4,7H2,1-2H3;1-2H3. The molecule has 1 rings (SSSR count). The summed E-state index contributed by atoms with van der Waals surface area (Å²) < 4.78 is 0. The minimum Gasteiger partial charge on any atom is -0.396 e. The SMILES string of the molecule is CC.CC(C)c1ccc(CCCO)cn1. The molecule has 0 fully saturated rings. The Morgan fingerprint density at radius 3 is 2.33 bits per heavy atom. The van der Waals surface area contributed by atoms with Crippen molar-refractivity contribution in [3.05, 3.63) is 29.6 Å². The van der Waals surface area contributed by atoms with E-state index in [-0.39, 0.29) is 6.61 Å². The lowest BCUT2D eigenvalue weighted by Crippen LogP contribution is -1.95. The molecule has 1 aromatic heterocycles. The average Bonchev–Trinajstić information content (AvgIpc) is 2.29. The van der Waals surface area contributed by atoms with Gasteiger partial charge in [-0.2, -0.15) is 0 Å². The maximum absolute atomic E-state index is 8.65. The fourth-order valence-electron chi connectivity index (χ4n) is 1.21. The molecule has 0 aliphatic rings. The van der Waals surface area contributed by atoms with Crippen LogP contribution in [0.1, 0.15) is 51.3 Å². The predicted octanol–water partition coefficient (Wildman–Crippen LogP) is 3.16. The Balaban J connectivity index is 0.000000921. The number of rotatable bonds is 4. The largest absolute Gasteiger partial charge is 0.396 e. The van der Waals surface area contributed by atoms with E-state index in [0.717, 1.165) is 18.5 Å². The summed E-state index contributed by atoms with van der Waals surface area (Å²) in [4.78, 5) is 4.35. The van der Waals surface area contributed by atoms with Crippen LogP contribution in [0.15, 0.2) is 18.3 Å². The summed E-state index contributed by atoms with van der Waals surface area (Å²) in [6, 6.07) is 4.16. The normalized spacial score (nSPS) is 9.73. The summed E-state index contributed by atoms with van der Waals surface area (Å²) in [5.74, 6) is 0.492. The van der Waals surface area contributed by atoms with Crippen molar-refractivity contribution in [2.75, 3.05) is 6.61 Å². The highest BCUT2D eigenvalue weighted by molar-refractivity contribution is 5.16. The summed E-state index contributed by atoms with van der Waals surface area (Å²) in [6.07, 6.45) is 3.65. The van der Waals surface area contributed by atoms with Crippen molar-refractivity contribution in [1.82, 2.24) is 4.98 Å². The van der Waals surface area contributed by atoms with E-state index in [0.29, 0.717) is 5.92 Å². The first-order valence-electron chi connectivity index (χ1n) is 5.79. The zero-order valence-corrected chi connectivity index (χ0v) is 10.3. The molecule has 0 amide bonds. The summed E-state index contributed by atoms with van der Waals surface area (Å²) >= 11 is 0. The molecule has 0 aliphatic carbocycles. The summed E-state index contributed by atoms with van der Waals surface area (Å²) in [5, 5.41) is 8.65. The second kappa shape index (κ2) is 8.42. The summed E-state index contributed by atoms with van der Waals surface area (Å²) in [5.41, 5.74) is 2.34. The zero-order valence-electron chi connectivity index (χ0n) is 10.3. The van der Waals surface area contributed by atoms with Gasteiger partial charge in [-0.25, -0.2) is 0 Å². The van der Waals surface area contributed by atoms with Gasteiger partial charge in [-0.1, -0.05) is 33.8 Å². The minimum absolute atomic E-state index is 0.256. The molecule has 1 N–H and O–H groups in total. The van der Waals surface area contributed by atoms with Crippen molar-refractivity contribution in [2.45, 2.75) is 46.5 Å². The average molecular weight is 209 g/mol. The predicted molar refractivity (Wildman–Crippen MR) is 65.1 cm³/mol. The van der Waals surface area contributed by atoms with Crippen molar-refractivity contribution in [1.29, 1.82) is 0 Å². The first-order valence-corrected chi connectivity index (χ1v) is 5.79. The Bertz CT molecular complexity index is 241. The van der Waals surface area contributed by atoms with Gasteiger partial charge in [0, 0.05) is 18.5 Å². The van der Waals surface area contributed by atoms with Crippen LogP contribution in [0.3, 0.4) is 0 Å². The topological polar surface area (TPSA) is 33.1 Å². The van der Waals surface area contributed by atoms with Crippen LogP contribution in [0.4, 0.5) is 0 Å². The van der Waals surface area contributed by atoms with Crippen molar-refractivity contribution in [3.8, 4) is 0 Å². The monoisotopic (exact) mass is 209 g/mol. The smallest absolute Gasteiger partial charge is 0.0434 e. The van der Waals surface area contributed by atoms with Crippen LogP contribution in [0, 0.1) is 0 Å². The number of aromatic nitrogens is 1. The van der Waals surface area contributed by atoms with Crippen molar-refractivity contribution < 1.29 is 5.11 Å². The molecule has 1 aromatic rings. The van der Waals surface area contributed by atoms with Crippen LogP contribution >= 0.6 is 0 Å². The van der Waals surface area contributed by atoms with Crippen LogP contribution in [0.2, 0.25) is 0 Å². The van der Waals surface area contributed by atoms with Gasteiger partial charge in [0.15, 0.2) is 0 Å². The lowest BCUT2D eigenvalue weighted by molar-refractivity contribution is 0.288. The van der Waals surface area contributed by atoms with Gasteiger partial charge >= 0.3 is 0 Å². The third-order valence-corrected chi connectivity index (χ3v) is 2.06. The van der Waals surface area contributed by atoms with E-state index < -0.39 is 0 Å². The first-order chi connectivity index (χ1) is 7.24. The van der Waals surface area contributed by atoms with Crippen LogP contribution in [-0.4, -0.2) is 16.7 Å². The van der Waals surface area contributed by atoms with Crippen molar-refractivity contribution >= 4 is 0 Å². The summed E-state index contributed by atoms with van der Waals surface area (Å²) in [7, 11) is 0. The number of aryl methyl sites for hydroxylation is 1. The van der Waals surface area contributed by atoms with Crippen LogP contribution in [0.5, 0.6) is 0 Å². The quantitative estimate of drug-likeness (QED) is 0.826. The molecule has 2 heteroatoms. The molecule has 2 nitrogen and oxygen atoms in total. The molecule has 15 heavy (non-hydrogen) atoms. The molecular weight excluding hydrogens is 186 g/mol. The van der Waals surface area contributed by atoms with Crippen LogP contribution < -0.4 is 0 Å². The fraction of sp³-hybridized carbons (Fsp3) is 0.615. The van der Waals surface area contributed by atoms with E-state index in [1.165, 1.54) is 5.56 Å². The maximum atomic E-state index is 8.65. The molecule has 0 spiro atoms. The number of hydrogen-bond acceptors (Lipinski definition) is 2. The van der Waals surface area contributed by atoms with Crippen molar-refractivity contribution in [2.24, 2.45) is 0 Å². The van der Waals surface area contributed by atoms with E-state index >= 15 is 0 Å². The van der Waals surface area contributed by atoms with E-state index in [4.69, 9.17) is 5.11 Å².